The van der Waals surface area contributed by atoms with Gasteiger partial charge in [-0.1, -0.05) is 20.8 Å². The van der Waals surface area contributed by atoms with E-state index in [-0.39, 0.29) is 5.25 Å². The monoisotopic (exact) mass is 222 g/mol. The quantitative estimate of drug-likeness (QED) is 0.662. The highest BCUT2D eigenvalue weighted by molar-refractivity contribution is 7.90. The minimum Gasteiger partial charge on any atom is -0.316 e. The van der Waals surface area contributed by atoms with Gasteiger partial charge in [0.25, 0.3) is 0 Å². The second-order valence-corrected chi connectivity index (χ2v) is 6.09. The summed E-state index contributed by atoms with van der Waals surface area (Å²) in [5.41, 5.74) is 0. The zero-order valence-electron chi connectivity index (χ0n) is 9.50. The molecule has 1 unspecified atom stereocenters. The Hall–Kier alpha value is -0.130. The fourth-order valence-corrected chi connectivity index (χ4v) is 2.07. The van der Waals surface area contributed by atoms with Crippen molar-refractivity contribution in [3.05, 3.63) is 0 Å². The molecular weight excluding hydrogens is 200 g/mol. The summed E-state index contributed by atoms with van der Waals surface area (Å²) in [5, 5.41) is 2.65. The third kappa shape index (κ3) is 5.57. The van der Waals surface area contributed by atoms with Gasteiger partial charge in [0.05, 0.1) is 5.25 Å². The zero-order chi connectivity index (χ0) is 11.2. The number of sulfonamides is 1. The number of rotatable bonds is 7. The van der Waals surface area contributed by atoms with Gasteiger partial charge in [0.15, 0.2) is 0 Å². The van der Waals surface area contributed by atoms with Gasteiger partial charge in [-0.15, -0.1) is 0 Å². The third-order valence-electron chi connectivity index (χ3n) is 1.90. The molecule has 0 saturated carbocycles. The molecule has 0 spiro atoms. The fraction of sp³-hybridized carbons (Fsp3) is 1.00. The standard InChI is InChI=1S/C9H22N2O2S/c1-5-10-7-9(4)14(12,13)11-6-8(2)3/h8-11H,5-7H2,1-4H3. The number of nitrogens with one attached hydrogen (secondary N) is 2. The maximum Gasteiger partial charge on any atom is 0.215 e. The first kappa shape index (κ1) is 13.9. The van der Waals surface area contributed by atoms with Gasteiger partial charge < -0.3 is 5.32 Å². The molecule has 1 atom stereocenters. The van der Waals surface area contributed by atoms with Crippen LogP contribution in [0.25, 0.3) is 0 Å². The van der Waals surface area contributed by atoms with E-state index in [1.165, 1.54) is 0 Å². The molecule has 0 aliphatic carbocycles. The summed E-state index contributed by atoms with van der Waals surface area (Å²) in [6.45, 7) is 9.45. The van der Waals surface area contributed by atoms with E-state index in [4.69, 9.17) is 0 Å². The molecule has 5 heteroatoms. The third-order valence-corrected chi connectivity index (χ3v) is 3.70. The SMILES string of the molecule is CCNCC(C)S(=O)(=O)NCC(C)C. The van der Waals surface area contributed by atoms with Crippen molar-refractivity contribution in [1.29, 1.82) is 0 Å². The van der Waals surface area contributed by atoms with Gasteiger partial charge in [-0.25, -0.2) is 13.1 Å². The Bertz CT molecular complexity index is 237. The van der Waals surface area contributed by atoms with Crippen LogP contribution in [0.1, 0.15) is 27.7 Å². The number of hydrogen-bond donors (Lipinski definition) is 2. The van der Waals surface area contributed by atoms with Crippen LogP contribution in [-0.2, 0) is 10.0 Å². The Morgan fingerprint density at radius 2 is 1.71 bits per heavy atom. The molecule has 0 heterocycles. The smallest absolute Gasteiger partial charge is 0.215 e. The molecule has 2 N–H and O–H groups in total. The fourth-order valence-electron chi connectivity index (χ4n) is 0.882. The van der Waals surface area contributed by atoms with Crippen LogP contribution in [0.2, 0.25) is 0 Å². The highest BCUT2D eigenvalue weighted by atomic mass is 32.2. The van der Waals surface area contributed by atoms with Crippen molar-refractivity contribution in [3.63, 3.8) is 0 Å². The summed E-state index contributed by atoms with van der Waals surface area (Å²) >= 11 is 0. The van der Waals surface area contributed by atoms with E-state index in [0.717, 1.165) is 6.54 Å². The van der Waals surface area contributed by atoms with Crippen molar-refractivity contribution in [2.45, 2.75) is 32.9 Å². The summed E-state index contributed by atoms with van der Waals surface area (Å²) < 4.78 is 25.8. The minimum absolute atomic E-state index is 0.344. The maximum atomic E-state index is 11.6. The van der Waals surface area contributed by atoms with Crippen molar-refractivity contribution in [2.75, 3.05) is 19.6 Å². The largest absolute Gasteiger partial charge is 0.316 e. The molecule has 0 rings (SSSR count). The highest BCUT2D eigenvalue weighted by Crippen LogP contribution is 1.98. The van der Waals surface area contributed by atoms with Crippen LogP contribution in [0.4, 0.5) is 0 Å². The van der Waals surface area contributed by atoms with E-state index in [1.807, 2.05) is 20.8 Å². The first-order valence-corrected chi connectivity index (χ1v) is 6.64. The van der Waals surface area contributed by atoms with E-state index in [1.54, 1.807) is 6.92 Å². The van der Waals surface area contributed by atoms with Gasteiger partial charge in [-0.3, -0.25) is 0 Å². The minimum atomic E-state index is -3.14. The van der Waals surface area contributed by atoms with E-state index in [2.05, 4.69) is 10.0 Å². The summed E-state index contributed by atoms with van der Waals surface area (Å²) in [7, 11) is -3.14. The van der Waals surface area contributed by atoms with Gasteiger partial charge >= 0.3 is 0 Å². The Morgan fingerprint density at radius 3 is 2.14 bits per heavy atom. The van der Waals surface area contributed by atoms with E-state index >= 15 is 0 Å². The lowest BCUT2D eigenvalue weighted by Gasteiger charge is -2.15. The van der Waals surface area contributed by atoms with Gasteiger partial charge in [0.1, 0.15) is 0 Å². The molecule has 14 heavy (non-hydrogen) atoms. The molecule has 0 aromatic heterocycles. The van der Waals surface area contributed by atoms with E-state index in [0.29, 0.717) is 19.0 Å². The number of hydrogen-bond acceptors (Lipinski definition) is 3. The summed E-state index contributed by atoms with van der Waals surface area (Å²) in [6, 6.07) is 0. The lowest BCUT2D eigenvalue weighted by molar-refractivity contribution is 0.543. The maximum absolute atomic E-state index is 11.6. The van der Waals surface area contributed by atoms with Gasteiger partial charge in [0, 0.05) is 13.1 Å². The van der Waals surface area contributed by atoms with Gasteiger partial charge in [-0.05, 0) is 19.4 Å². The summed E-state index contributed by atoms with van der Waals surface area (Å²) in [6.07, 6.45) is 0. The van der Waals surface area contributed by atoms with Crippen molar-refractivity contribution in [2.24, 2.45) is 5.92 Å². The van der Waals surface area contributed by atoms with Crippen LogP contribution in [-0.4, -0.2) is 33.3 Å². The molecular formula is C9H22N2O2S. The topological polar surface area (TPSA) is 58.2 Å². The molecule has 0 saturated heterocycles. The first-order chi connectivity index (χ1) is 6.40. The van der Waals surface area contributed by atoms with Crippen LogP contribution in [0.5, 0.6) is 0 Å². The van der Waals surface area contributed by atoms with Gasteiger partial charge in [0.2, 0.25) is 10.0 Å². The van der Waals surface area contributed by atoms with Crippen LogP contribution in [0.3, 0.4) is 0 Å². The average Bonchev–Trinajstić information content (AvgIpc) is 2.11. The first-order valence-electron chi connectivity index (χ1n) is 5.09. The van der Waals surface area contributed by atoms with E-state index < -0.39 is 10.0 Å². The predicted molar refractivity (Wildman–Crippen MR) is 59.8 cm³/mol. The Kier molecular flexibility index (Phi) is 6.31. The van der Waals surface area contributed by atoms with Crippen LogP contribution < -0.4 is 10.0 Å². The average molecular weight is 222 g/mol. The van der Waals surface area contributed by atoms with Crippen molar-refractivity contribution in [3.8, 4) is 0 Å². The molecule has 0 aliphatic rings. The molecule has 0 aliphatic heterocycles. The molecule has 0 amide bonds. The molecule has 0 aromatic carbocycles. The van der Waals surface area contributed by atoms with Crippen molar-refractivity contribution in [1.82, 2.24) is 10.0 Å². The molecule has 4 nitrogen and oxygen atoms in total. The highest BCUT2D eigenvalue weighted by Gasteiger charge is 2.19. The summed E-state index contributed by atoms with van der Waals surface area (Å²) in [5.74, 6) is 0.344. The Balaban J connectivity index is 4.04. The molecule has 86 valence electrons. The second-order valence-electron chi connectivity index (χ2n) is 3.91. The predicted octanol–water partition coefficient (Wildman–Crippen LogP) is 0.560. The van der Waals surface area contributed by atoms with Crippen LogP contribution >= 0.6 is 0 Å². The molecule has 0 radical (unpaired) electrons. The lowest BCUT2D eigenvalue weighted by atomic mass is 10.2. The van der Waals surface area contributed by atoms with E-state index in [9.17, 15) is 8.42 Å². The van der Waals surface area contributed by atoms with Crippen LogP contribution in [0.15, 0.2) is 0 Å². The zero-order valence-corrected chi connectivity index (χ0v) is 10.3. The van der Waals surface area contributed by atoms with Crippen LogP contribution in [0, 0.1) is 5.92 Å². The normalized spacial score (nSPS) is 14.6. The van der Waals surface area contributed by atoms with Crippen molar-refractivity contribution < 1.29 is 8.42 Å². The van der Waals surface area contributed by atoms with Gasteiger partial charge in [-0.2, -0.15) is 0 Å². The molecule has 0 bridgehead atoms. The Labute approximate surface area is 87.5 Å². The lowest BCUT2D eigenvalue weighted by Crippen LogP contribution is -2.40. The summed E-state index contributed by atoms with van der Waals surface area (Å²) in [4.78, 5) is 0. The van der Waals surface area contributed by atoms with Crippen molar-refractivity contribution >= 4 is 10.0 Å². The Morgan fingerprint density at radius 1 is 1.14 bits per heavy atom. The molecule has 0 fully saturated rings. The second kappa shape index (κ2) is 6.37. The molecule has 0 aromatic rings.